The number of hydrogen-bond donors (Lipinski definition) is 1. The molecule has 1 aromatic carbocycles. The topological polar surface area (TPSA) is 12.0 Å². The number of rotatable bonds is 3. The molecule has 0 saturated carbocycles. The summed E-state index contributed by atoms with van der Waals surface area (Å²) in [6.07, 6.45) is 0. The van der Waals surface area contributed by atoms with Crippen LogP contribution in [-0.4, -0.2) is 7.05 Å². The fraction of sp³-hybridized carbons (Fsp3) is 0.231. The van der Waals surface area contributed by atoms with Crippen LogP contribution in [-0.2, 0) is 0 Å². The van der Waals surface area contributed by atoms with Crippen molar-refractivity contribution >= 4 is 54.8 Å². The third kappa shape index (κ3) is 2.99. The number of benzene rings is 1. The third-order valence-electron chi connectivity index (χ3n) is 2.80. The van der Waals surface area contributed by atoms with Crippen LogP contribution in [0.2, 0.25) is 5.02 Å². The maximum Gasteiger partial charge on any atom is 0.0704 e. The lowest BCUT2D eigenvalue weighted by Crippen LogP contribution is -2.17. The van der Waals surface area contributed by atoms with Crippen molar-refractivity contribution in [2.24, 2.45) is 0 Å². The van der Waals surface area contributed by atoms with Crippen molar-refractivity contribution in [1.29, 1.82) is 0 Å². The minimum absolute atomic E-state index is 0.165. The fourth-order valence-corrected chi connectivity index (χ4v) is 4.12. The lowest BCUT2D eigenvalue weighted by Gasteiger charge is -2.17. The average molecular weight is 410 g/mol. The van der Waals surface area contributed by atoms with Crippen LogP contribution in [0.3, 0.4) is 0 Å². The first-order valence-electron chi connectivity index (χ1n) is 5.41. The first kappa shape index (κ1) is 14.5. The molecule has 1 nitrogen and oxygen atoms in total. The monoisotopic (exact) mass is 407 g/mol. The van der Waals surface area contributed by atoms with Crippen LogP contribution >= 0.6 is 54.8 Å². The molecule has 0 spiro atoms. The van der Waals surface area contributed by atoms with Crippen molar-refractivity contribution in [2.45, 2.75) is 13.0 Å². The Labute approximate surface area is 133 Å². The number of hydrogen-bond acceptors (Lipinski definition) is 2. The van der Waals surface area contributed by atoms with Gasteiger partial charge in [0.15, 0.2) is 0 Å². The van der Waals surface area contributed by atoms with E-state index in [2.05, 4.69) is 56.2 Å². The highest BCUT2D eigenvalue weighted by molar-refractivity contribution is 9.11. The predicted octanol–water partition coefficient (Wildman–Crippen LogP) is 5.54. The third-order valence-corrected chi connectivity index (χ3v) is 5.60. The molecule has 1 unspecified atom stereocenters. The van der Waals surface area contributed by atoms with Gasteiger partial charge in [-0.05, 0) is 75.2 Å². The molecule has 0 amide bonds. The maximum absolute atomic E-state index is 6.17. The van der Waals surface area contributed by atoms with E-state index >= 15 is 0 Å². The van der Waals surface area contributed by atoms with Gasteiger partial charge in [-0.1, -0.05) is 17.7 Å². The Hall–Kier alpha value is 0.130. The number of aryl methyl sites for hydroxylation is 1. The molecule has 0 aliphatic heterocycles. The molecule has 0 bridgehead atoms. The van der Waals surface area contributed by atoms with Crippen molar-refractivity contribution in [3.63, 3.8) is 0 Å². The van der Waals surface area contributed by atoms with E-state index in [1.807, 2.05) is 19.2 Å². The van der Waals surface area contributed by atoms with Gasteiger partial charge >= 0.3 is 0 Å². The average Bonchev–Trinajstić information content (AvgIpc) is 2.64. The van der Waals surface area contributed by atoms with Crippen LogP contribution in [0.25, 0.3) is 0 Å². The highest BCUT2D eigenvalue weighted by atomic mass is 79.9. The van der Waals surface area contributed by atoms with E-state index in [-0.39, 0.29) is 6.04 Å². The largest absolute Gasteiger partial charge is 0.309 e. The molecule has 1 N–H and O–H groups in total. The molecule has 5 heteroatoms. The second-order valence-electron chi connectivity index (χ2n) is 3.96. The van der Waals surface area contributed by atoms with Gasteiger partial charge in [0.2, 0.25) is 0 Å². The molecule has 18 heavy (non-hydrogen) atoms. The zero-order valence-electron chi connectivity index (χ0n) is 9.93. The fourth-order valence-electron chi connectivity index (χ4n) is 1.94. The summed E-state index contributed by atoms with van der Waals surface area (Å²) in [4.78, 5) is 1.31. The summed E-state index contributed by atoms with van der Waals surface area (Å²) in [5.41, 5.74) is 2.45. The maximum atomic E-state index is 6.17. The molecule has 96 valence electrons. The highest BCUT2D eigenvalue weighted by Gasteiger charge is 2.17. The summed E-state index contributed by atoms with van der Waals surface area (Å²) in [6, 6.07) is 8.40. The predicted molar refractivity (Wildman–Crippen MR) is 86.8 cm³/mol. The molecular formula is C13H12Br2ClNS. The molecule has 0 radical (unpaired) electrons. The van der Waals surface area contributed by atoms with Crippen LogP contribution in [0.1, 0.15) is 22.0 Å². The van der Waals surface area contributed by atoms with Crippen LogP contribution in [0.5, 0.6) is 0 Å². The van der Waals surface area contributed by atoms with Crippen LogP contribution in [0.4, 0.5) is 0 Å². The summed E-state index contributed by atoms with van der Waals surface area (Å²) in [5, 5.41) is 4.08. The Balaban J connectivity index is 2.45. The van der Waals surface area contributed by atoms with Gasteiger partial charge in [-0.25, -0.2) is 0 Å². The zero-order valence-corrected chi connectivity index (χ0v) is 14.7. The normalized spacial score (nSPS) is 12.7. The molecule has 1 aromatic heterocycles. The second kappa shape index (κ2) is 6.06. The highest BCUT2D eigenvalue weighted by Crippen LogP contribution is 2.35. The van der Waals surface area contributed by atoms with Gasteiger partial charge in [0.05, 0.1) is 14.9 Å². The molecule has 2 rings (SSSR count). The number of nitrogens with one attached hydrogen (secondary N) is 1. The Morgan fingerprint density at radius 3 is 2.50 bits per heavy atom. The molecular weight excluding hydrogens is 397 g/mol. The molecule has 0 aliphatic rings. The summed E-state index contributed by atoms with van der Waals surface area (Å²) >= 11 is 14.9. The van der Waals surface area contributed by atoms with E-state index in [0.717, 1.165) is 13.3 Å². The summed E-state index contributed by atoms with van der Waals surface area (Å²) in [6.45, 7) is 2.13. The summed E-state index contributed by atoms with van der Waals surface area (Å²) in [5.74, 6) is 0. The lowest BCUT2D eigenvalue weighted by atomic mass is 10.00. The van der Waals surface area contributed by atoms with Crippen molar-refractivity contribution in [1.82, 2.24) is 5.32 Å². The minimum atomic E-state index is 0.165. The standard InChI is InChI=1S/C13H12Br2ClNS/c1-7-9(6-12(15)18-7)13(17-2)8-3-4-10(14)11(16)5-8/h3-6,13,17H,1-2H3. The molecule has 2 aromatic rings. The summed E-state index contributed by atoms with van der Waals surface area (Å²) < 4.78 is 2.07. The lowest BCUT2D eigenvalue weighted by molar-refractivity contribution is 0.690. The van der Waals surface area contributed by atoms with Crippen molar-refractivity contribution in [3.05, 3.63) is 53.6 Å². The van der Waals surface area contributed by atoms with E-state index in [9.17, 15) is 0 Å². The van der Waals surface area contributed by atoms with Crippen molar-refractivity contribution < 1.29 is 0 Å². The first-order chi connectivity index (χ1) is 8.52. The Morgan fingerprint density at radius 2 is 2.00 bits per heavy atom. The Morgan fingerprint density at radius 1 is 1.28 bits per heavy atom. The first-order valence-corrected chi connectivity index (χ1v) is 8.19. The van der Waals surface area contributed by atoms with Crippen LogP contribution < -0.4 is 5.32 Å². The van der Waals surface area contributed by atoms with Crippen molar-refractivity contribution in [3.8, 4) is 0 Å². The molecule has 1 atom stereocenters. The van der Waals surface area contributed by atoms with Crippen LogP contribution in [0.15, 0.2) is 32.5 Å². The molecule has 0 aliphatic carbocycles. The van der Waals surface area contributed by atoms with Gasteiger partial charge in [-0.15, -0.1) is 11.3 Å². The number of thiophene rings is 1. The quantitative estimate of drug-likeness (QED) is 0.701. The Bertz CT molecular complexity index is 568. The van der Waals surface area contributed by atoms with E-state index < -0.39 is 0 Å². The van der Waals surface area contributed by atoms with Gasteiger partial charge in [0.25, 0.3) is 0 Å². The van der Waals surface area contributed by atoms with Gasteiger partial charge in [-0.3, -0.25) is 0 Å². The van der Waals surface area contributed by atoms with E-state index in [1.165, 1.54) is 16.0 Å². The SMILES string of the molecule is CNC(c1ccc(Br)c(Cl)c1)c1cc(Br)sc1C. The summed E-state index contributed by atoms with van der Waals surface area (Å²) in [7, 11) is 1.96. The Kier molecular flexibility index (Phi) is 4.89. The van der Waals surface area contributed by atoms with Gasteiger partial charge < -0.3 is 5.32 Å². The van der Waals surface area contributed by atoms with Gasteiger partial charge in [0, 0.05) is 9.35 Å². The van der Waals surface area contributed by atoms with E-state index in [1.54, 1.807) is 11.3 Å². The van der Waals surface area contributed by atoms with E-state index in [4.69, 9.17) is 11.6 Å². The van der Waals surface area contributed by atoms with Crippen LogP contribution in [0, 0.1) is 6.92 Å². The molecule has 0 fully saturated rings. The molecule has 1 heterocycles. The van der Waals surface area contributed by atoms with Crippen molar-refractivity contribution in [2.75, 3.05) is 7.05 Å². The van der Waals surface area contributed by atoms with Gasteiger partial charge in [0.1, 0.15) is 0 Å². The smallest absolute Gasteiger partial charge is 0.0704 e. The number of halogens is 3. The second-order valence-corrected chi connectivity index (χ2v) is 7.85. The zero-order chi connectivity index (χ0) is 13.3. The van der Waals surface area contributed by atoms with E-state index in [0.29, 0.717) is 0 Å². The van der Waals surface area contributed by atoms with Gasteiger partial charge in [-0.2, -0.15) is 0 Å². The molecule has 0 saturated heterocycles. The minimum Gasteiger partial charge on any atom is -0.309 e.